The fourth-order valence-corrected chi connectivity index (χ4v) is 2.44. The Morgan fingerprint density at radius 3 is 2.57 bits per heavy atom. The lowest BCUT2D eigenvalue weighted by Gasteiger charge is -2.05. The molecule has 0 amide bonds. The number of nitrogens with two attached hydrogens (primary N) is 1. The minimum Gasteiger partial charge on any atom is -0.381 e. The van der Waals surface area contributed by atoms with Gasteiger partial charge in [0.05, 0.1) is 16.8 Å². The van der Waals surface area contributed by atoms with E-state index < -0.39 is 0 Å². The smallest absolute Gasteiger partial charge is 0.0957 e. The van der Waals surface area contributed by atoms with E-state index in [1.807, 2.05) is 20.8 Å². The van der Waals surface area contributed by atoms with Crippen LogP contribution in [0.2, 0.25) is 0 Å². The van der Waals surface area contributed by atoms with E-state index in [9.17, 15) is 0 Å². The van der Waals surface area contributed by atoms with Gasteiger partial charge in [-0.25, -0.2) is 4.98 Å². The third kappa shape index (κ3) is 2.77. The zero-order valence-corrected chi connectivity index (χ0v) is 10.0. The molecular weight excluding hydrogens is 196 g/mol. The summed E-state index contributed by atoms with van der Waals surface area (Å²) in [5, 5.41) is 1.11. The summed E-state index contributed by atoms with van der Waals surface area (Å²) in [6.45, 7) is 6.04. The van der Waals surface area contributed by atoms with Crippen molar-refractivity contribution >= 4 is 11.3 Å². The van der Waals surface area contributed by atoms with E-state index in [4.69, 9.17) is 10.5 Å². The van der Waals surface area contributed by atoms with E-state index >= 15 is 0 Å². The lowest BCUT2D eigenvalue weighted by Crippen LogP contribution is -2.08. The molecule has 0 spiro atoms. The number of ether oxygens (including phenoxy) is 1. The van der Waals surface area contributed by atoms with Crippen molar-refractivity contribution < 1.29 is 4.74 Å². The maximum absolute atomic E-state index is 5.83. The summed E-state index contributed by atoms with van der Waals surface area (Å²) in [6.07, 6.45) is 1.09. The highest BCUT2D eigenvalue weighted by atomic mass is 32.1. The van der Waals surface area contributed by atoms with Crippen molar-refractivity contribution in [1.82, 2.24) is 4.98 Å². The van der Waals surface area contributed by atoms with Gasteiger partial charge in [0.15, 0.2) is 0 Å². The van der Waals surface area contributed by atoms with Crippen LogP contribution in [-0.2, 0) is 11.2 Å². The summed E-state index contributed by atoms with van der Waals surface area (Å²) in [4.78, 5) is 5.66. The summed E-state index contributed by atoms with van der Waals surface area (Å²) in [7, 11) is 1.72. The summed E-state index contributed by atoms with van der Waals surface area (Å²) in [5.74, 6) is 0. The van der Waals surface area contributed by atoms with Crippen molar-refractivity contribution in [3.05, 3.63) is 15.6 Å². The Balaban J connectivity index is 2.75. The topological polar surface area (TPSA) is 48.1 Å². The number of methoxy groups -OCH3 is 1. The minimum absolute atomic E-state index is 0.0825. The molecule has 2 atom stereocenters. The monoisotopic (exact) mass is 214 g/mol. The van der Waals surface area contributed by atoms with E-state index in [1.165, 1.54) is 4.88 Å². The van der Waals surface area contributed by atoms with Crippen LogP contribution in [0, 0.1) is 6.92 Å². The van der Waals surface area contributed by atoms with E-state index in [2.05, 4.69) is 4.98 Å². The molecule has 2 unspecified atom stereocenters. The Hall–Kier alpha value is -0.450. The largest absolute Gasteiger partial charge is 0.381 e. The molecule has 0 aliphatic carbocycles. The predicted octanol–water partition coefficient (Wildman–Crippen LogP) is 2.05. The zero-order valence-electron chi connectivity index (χ0n) is 9.20. The SMILES string of the molecule is COC(C)Cc1nc(C)c(C(C)N)s1. The molecule has 2 N–H and O–H groups in total. The molecule has 1 aromatic rings. The van der Waals surface area contributed by atoms with Crippen LogP contribution in [0.1, 0.15) is 35.5 Å². The fourth-order valence-electron chi connectivity index (χ4n) is 1.30. The van der Waals surface area contributed by atoms with Crippen molar-refractivity contribution in [3.63, 3.8) is 0 Å². The van der Waals surface area contributed by atoms with Crippen LogP contribution in [0.25, 0.3) is 0 Å². The molecule has 0 radical (unpaired) electrons. The molecule has 0 aromatic carbocycles. The van der Waals surface area contributed by atoms with Gasteiger partial charge in [0, 0.05) is 24.4 Å². The summed E-state index contributed by atoms with van der Waals surface area (Å²) >= 11 is 1.70. The highest BCUT2D eigenvalue weighted by Gasteiger charge is 2.12. The van der Waals surface area contributed by atoms with Crippen molar-refractivity contribution in [3.8, 4) is 0 Å². The number of rotatable bonds is 4. The first kappa shape index (κ1) is 11.6. The third-order valence-electron chi connectivity index (χ3n) is 2.15. The van der Waals surface area contributed by atoms with Crippen LogP contribution in [0.3, 0.4) is 0 Å². The fraction of sp³-hybridized carbons (Fsp3) is 0.700. The highest BCUT2D eigenvalue weighted by molar-refractivity contribution is 7.11. The number of aryl methyl sites for hydroxylation is 1. The molecule has 0 saturated heterocycles. The second-order valence-corrected chi connectivity index (χ2v) is 4.71. The van der Waals surface area contributed by atoms with Crippen molar-refractivity contribution in [2.24, 2.45) is 5.73 Å². The molecule has 3 nitrogen and oxygen atoms in total. The quantitative estimate of drug-likeness (QED) is 0.834. The van der Waals surface area contributed by atoms with Crippen molar-refractivity contribution in [2.45, 2.75) is 39.3 Å². The lowest BCUT2D eigenvalue weighted by molar-refractivity contribution is 0.118. The molecule has 0 fully saturated rings. The van der Waals surface area contributed by atoms with Gasteiger partial charge in [-0.15, -0.1) is 11.3 Å². The van der Waals surface area contributed by atoms with Crippen LogP contribution in [-0.4, -0.2) is 18.2 Å². The summed E-state index contributed by atoms with van der Waals surface area (Å²) < 4.78 is 5.20. The van der Waals surface area contributed by atoms with Gasteiger partial charge in [-0.2, -0.15) is 0 Å². The standard InChI is InChI=1S/C10H18N2OS/c1-6(13-4)5-9-12-8(3)10(14-9)7(2)11/h6-7H,5,11H2,1-4H3. The highest BCUT2D eigenvalue weighted by Crippen LogP contribution is 2.24. The van der Waals surface area contributed by atoms with Crippen molar-refractivity contribution in [1.29, 1.82) is 0 Å². The summed E-state index contributed by atoms with van der Waals surface area (Å²) in [6, 6.07) is 0.0825. The lowest BCUT2D eigenvalue weighted by atomic mass is 10.2. The molecule has 80 valence electrons. The summed E-state index contributed by atoms with van der Waals surface area (Å²) in [5.41, 5.74) is 6.89. The Labute approximate surface area is 89.3 Å². The minimum atomic E-state index is 0.0825. The zero-order chi connectivity index (χ0) is 10.7. The molecule has 0 aliphatic heterocycles. The first-order chi connectivity index (χ1) is 6.54. The first-order valence-electron chi connectivity index (χ1n) is 4.79. The molecule has 4 heteroatoms. The van der Waals surface area contributed by atoms with Gasteiger partial charge in [-0.1, -0.05) is 0 Å². The van der Waals surface area contributed by atoms with Crippen LogP contribution in [0.15, 0.2) is 0 Å². The molecule has 1 heterocycles. The molecular formula is C10H18N2OS. The Morgan fingerprint density at radius 1 is 1.50 bits per heavy atom. The third-order valence-corrected chi connectivity index (χ3v) is 3.54. The number of nitrogens with zero attached hydrogens (tertiary/aromatic N) is 1. The van der Waals surface area contributed by atoms with Crippen LogP contribution >= 0.6 is 11.3 Å². The normalized spacial score (nSPS) is 15.5. The molecule has 0 saturated carbocycles. The van der Waals surface area contributed by atoms with Gasteiger partial charge >= 0.3 is 0 Å². The van der Waals surface area contributed by atoms with Gasteiger partial charge in [-0.3, -0.25) is 0 Å². The maximum atomic E-state index is 5.83. The van der Waals surface area contributed by atoms with E-state index in [0.717, 1.165) is 17.1 Å². The number of hydrogen-bond donors (Lipinski definition) is 1. The van der Waals surface area contributed by atoms with Gasteiger partial charge in [0.1, 0.15) is 0 Å². The number of hydrogen-bond acceptors (Lipinski definition) is 4. The average molecular weight is 214 g/mol. The van der Waals surface area contributed by atoms with Crippen LogP contribution < -0.4 is 5.73 Å². The Kier molecular flexibility index (Phi) is 4.04. The van der Waals surface area contributed by atoms with Crippen LogP contribution in [0.4, 0.5) is 0 Å². The van der Waals surface area contributed by atoms with Crippen molar-refractivity contribution in [2.75, 3.05) is 7.11 Å². The first-order valence-corrected chi connectivity index (χ1v) is 5.60. The number of aromatic nitrogens is 1. The maximum Gasteiger partial charge on any atom is 0.0957 e. The molecule has 0 bridgehead atoms. The predicted molar refractivity (Wildman–Crippen MR) is 59.6 cm³/mol. The van der Waals surface area contributed by atoms with Gasteiger partial charge in [0.25, 0.3) is 0 Å². The van der Waals surface area contributed by atoms with E-state index in [0.29, 0.717) is 0 Å². The molecule has 0 aliphatic rings. The number of thiazole rings is 1. The van der Waals surface area contributed by atoms with Gasteiger partial charge in [0.2, 0.25) is 0 Å². The Morgan fingerprint density at radius 2 is 2.14 bits per heavy atom. The van der Waals surface area contributed by atoms with Crippen LogP contribution in [0.5, 0.6) is 0 Å². The molecule has 1 aromatic heterocycles. The van der Waals surface area contributed by atoms with E-state index in [1.54, 1.807) is 18.4 Å². The van der Waals surface area contributed by atoms with E-state index in [-0.39, 0.29) is 12.1 Å². The van der Waals surface area contributed by atoms with Gasteiger partial charge < -0.3 is 10.5 Å². The second kappa shape index (κ2) is 4.87. The Bertz CT molecular complexity index is 296. The average Bonchev–Trinajstić information content (AvgIpc) is 2.46. The molecule has 14 heavy (non-hydrogen) atoms. The molecule has 1 rings (SSSR count). The second-order valence-electron chi connectivity index (χ2n) is 3.60. The van der Waals surface area contributed by atoms with Gasteiger partial charge in [-0.05, 0) is 20.8 Å².